The van der Waals surface area contributed by atoms with Gasteiger partial charge in [0.05, 0.1) is 25.2 Å². The van der Waals surface area contributed by atoms with Crippen molar-refractivity contribution in [3.05, 3.63) is 41.7 Å². The van der Waals surface area contributed by atoms with Crippen molar-refractivity contribution < 1.29 is 9.47 Å². The second-order valence-corrected chi connectivity index (χ2v) is 6.38. The van der Waals surface area contributed by atoms with Crippen molar-refractivity contribution in [2.45, 2.75) is 37.8 Å². The molecule has 0 radical (unpaired) electrons. The summed E-state index contributed by atoms with van der Waals surface area (Å²) in [5, 5.41) is 0. The van der Waals surface area contributed by atoms with Crippen LogP contribution in [0.3, 0.4) is 0 Å². The highest BCUT2D eigenvalue weighted by Gasteiger charge is 2.45. The van der Waals surface area contributed by atoms with Crippen LogP contribution in [0.5, 0.6) is 5.88 Å². The van der Waals surface area contributed by atoms with Crippen molar-refractivity contribution in [2.24, 2.45) is 10.7 Å². The van der Waals surface area contributed by atoms with E-state index < -0.39 is 0 Å². The van der Waals surface area contributed by atoms with E-state index in [0.717, 1.165) is 30.5 Å². The maximum atomic E-state index is 5.80. The highest BCUT2D eigenvalue weighted by atomic mass is 16.5. The molecule has 1 aromatic heterocycles. The first-order valence-electron chi connectivity index (χ1n) is 8.10. The van der Waals surface area contributed by atoms with E-state index >= 15 is 0 Å². The number of hydrogen-bond donors (Lipinski definition) is 1. The molecule has 1 aliphatic heterocycles. The van der Waals surface area contributed by atoms with Gasteiger partial charge in [-0.15, -0.1) is 0 Å². The molecular formula is C18H20N4O2. The predicted molar refractivity (Wildman–Crippen MR) is 90.9 cm³/mol. The van der Waals surface area contributed by atoms with Crippen LogP contribution in [-0.4, -0.2) is 34.7 Å². The average molecular weight is 324 g/mol. The molecule has 2 aromatic rings. The number of amidine groups is 1. The van der Waals surface area contributed by atoms with Crippen molar-refractivity contribution in [2.75, 3.05) is 7.11 Å². The van der Waals surface area contributed by atoms with Crippen molar-refractivity contribution in [1.82, 2.24) is 9.97 Å². The quantitative estimate of drug-likeness (QED) is 0.915. The second kappa shape index (κ2) is 5.47. The molecule has 0 saturated carbocycles. The fraction of sp³-hybridized carbons (Fsp3) is 0.389. The van der Waals surface area contributed by atoms with E-state index in [-0.39, 0.29) is 11.6 Å². The molecule has 0 amide bonds. The minimum atomic E-state index is -0.240. The standard InChI is InChI=1S/C18H20N4O2/c1-11-18(22-17(19)24-11)7-6-13-12(8-18)4-3-5-14(13)15-9-20-10-16(21-15)23-2/h3-5,9-11H,6-8H2,1-2H3,(H2,19,22)/t11-,18-/m0/s1. The van der Waals surface area contributed by atoms with Gasteiger partial charge in [-0.05, 0) is 30.9 Å². The third kappa shape index (κ3) is 2.29. The van der Waals surface area contributed by atoms with Crippen molar-refractivity contribution in [1.29, 1.82) is 0 Å². The van der Waals surface area contributed by atoms with E-state index in [1.807, 2.05) is 6.92 Å². The van der Waals surface area contributed by atoms with Crippen LogP contribution in [0.4, 0.5) is 0 Å². The monoisotopic (exact) mass is 324 g/mol. The highest BCUT2D eigenvalue weighted by Crippen LogP contribution is 2.41. The zero-order chi connectivity index (χ0) is 16.7. The molecule has 0 bridgehead atoms. The molecule has 1 spiro atoms. The first-order chi connectivity index (χ1) is 11.6. The van der Waals surface area contributed by atoms with Crippen LogP contribution in [0.2, 0.25) is 0 Å². The number of aromatic nitrogens is 2. The van der Waals surface area contributed by atoms with Crippen LogP contribution >= 0.6 is 0 Å². The van der Waals surface area contributed by atoms with Gasteiger partial charge in [-0.2, -0.15) is 0 Å². The number of aliphatic imine (C=N–C) groups is 1. The molecule has 6 heteroatoms. The summed E-state index contributed by atoms with van der Waals surface area (Å²) < 4.78 is 10.8. The topological polar surface area (TPSA) is 82.6 Å². The Balaban J connectivity index is 1.75. The van der Waals surface area contributed by atoms with Crippen LogP contribution < -0.4 is 10.5 Å². The van der Waals surface area contributed by atoms with Gasteiger partial charge in [-0.3, -0.25) is 4.98 Å². The van der Waals surface area contributed by atoms with E-state index in [0.29, 0.717) is 11.9 Å². The lowest BCUT2D eigenvalue weighted by molar-refractivity contribution is 0.140. The lowest BCUT2D eigenvalue weighted by atomic mass is 9.74. The zero-order valence-electron chi connectivity index (χ0n) is 13.8. The average Bonchev–Trinajstić information content (AvgIpc) is 2.87. The van der Waals surface area contributed by atoms with Gasteiger partial charge < -0.3 is 15.2 Å². The number of fused-ring (bicyclic) bond motifs is 1. The summed E-state index contributed by atoms with van der Waals surface area (Å²) in [5.74, 6) is 0.521. The molecule has 2 heterocycles. The van der Waals surface area contributed by atoms with Crippen LogP contribution in [0.25, 0.3) is 11.3 Å². The van der Waals surface area contributed by atoms with Gasteiger partial charge in [0.15, 0.2) is 0 Å². The Kier molecular flexibility index (Phi) is 3.40. The number of nitrogens with zero attached hydrogens (tertiary/aromatic N) is 3. The Bertz CT molecular complexity index is 820. The minimum absolute atomic E-state index is 0.00548. The summed E-state index contributed by atoms with van der Waals surface area (Å²) in [4.78, 5) is 13.4. The van der Waals surface area contributed by atoms with E-state index in [2.05, 4.69) is 33.2 Å². The molecule has 0 unspecified atom stereocenters. The predicted octanol–water partition coefficient (Wildman–Crippen LogP) is 2.11. The smallest absolute Gasteiger partial charge is 0.282 e. The molecular weight excluding hydrogens is 304 g/mol. The summed E-state index contributed by atoms with van der Waals surface area (Å²) in [6.45, 7) is 2.05. The fourth-order valence-electron chi connectivity index (χ4n) is 3.74. The Morgan fingerprint density at radius 3 is 2.96 bits per heavy atom. The number of ether oxygens (including phenoxy) is 2. The van der Waals surface area contributed by atoms with Gasteiger partial charge in [0, 0.05) is 12.0 Å². The van der Waals surface area contributed by atoms with Gasteiger partial charge in [-0.25, -0.2) is 9.98 Å². The Morgan fingerprint density at radius 2 is 2.21 bits per heavy atom. The number of nitrogens with two attached hydrogens (primary N) is 1. The minimum Gasteiger partial charge on any atom is -0.480 e. The Hall–Kier alpha value is -2.63. The summed E-state index contributed by atoms with van der Waals surface area (Å²) in [6.07, 6.45) is 6.05. The van der Waals surface area contributed by atoms with Gasteiger partial charge in [-0.1, -0.05) is 18.2 Å². The first-order valence-corrected chi connectivity index (χ1v) is 8.10. The normalized spacial score (nSPS) is 25.1. The number of benzene rings is 1. The van der Waals surface area contributed by atoms with Crippen LogP contribution in [0, 0.1) is 0 Å². The first kappa shape index (κ1) is 14.9. The van der Waals surface area contributed by atoms with Gasteiger partial charge in [0.25, 0.3) is 6.02 Å². The van der Waals surface area contributed by atoms with E-state index in [1.54, 1.807) is 19.5 Å². The summed E-state index contributed by atoms with van der Waals surface area (Å²) >= 11 is 0. The largest absolute Gasteiger partial charge is 0.480 e. The van der Waals surface area contributed by atoms with E-state index in [1.165, 1.54) is 11.1 Å². The lowest BCUT2D eigenvalue weighted by Crippen LogP contribution is -2.41. The maximum Gasteiger partial charge on any atom is 0.282 e. The van der Waals surface area contributed by atoms with E-state index in [4.69, 9.17) is 15.2 Å². The maximum absolute atomic E-state index is 5.80. The molecule has 124 valence electrons. The van der Waals surface area contributed by atoms with Crippen LogP contribution in [0.1, 0.15) is 24.5 Å². The Morgan fingerprint density at radius 1 is 1.33 bits per heavy atom. The highest BCUT2D eigenvalue weighted by molar-refractivity contribution is 5.75. The summed E-state index contributed by atoms with van der Waals surface area (Å²) in [7, 11) is 1.60. The molecule has 0 fully saturated rings. The van der Waals surface area contributed by atoms with Gasteiger partial charge in [0.1, 0.15) is 11.6 Å². The molecule has 1 aromatic carbocycles. The molecule has 2 aliphatic rings. The zero-order valence-corrected chi connectivity index (χ0v) is 13.8. The molecule has 0 saturated heterocycles. The lowest BCUT2D eigenvalue weighted by Gasteiger charge is -2.35. The SMILES string of the molecule is COc1cncc(-c2cccc3c2CC[C@@]2(C3)N=C(N)O[C@H]2C)n1. The molecule has 6 nitrogen and oxygen atoms in total. The van der Waals surface area contributed by atoms with Crippen LogP contribution in [-0.2, 0) is 17.6 Å². The van der Waals surface area contributed by atoms with Gasteiger partial charge in [0.2, 0.25) is 5.88 Å². The van der Waals surface area contributed by atoms with E-state index in [9.17, 15) is 0 Å². The molecule has 2 N–H and O–H groups in total. The Labute approximate surface area is 140 Å². The summed E-state index contributed by atoms with van der Waals surface area (Å²) in [5.41, 5.74) is 10.1. The second-order valence-electron chi connectivity index (χ2n) is 6.38. The third-order valence-electron chi connectivity index (χ3n) is 5.06. The molecule has 4 rings (SSSR count). The van der Waals surface area contributed by atoms with Crippen molar-refractivity contribution >= 4 is 6.02 Å². The molecule has 2 atom stereocenters. The van der Waals surface area contributed by atoms with Gasteiger partial charge >= 0.3 is 0 Å². The fourth-order valence-corrected chi connectivity index (χ4v) is 3.74. The molecule has 1 aliphatic carbocycles. The van der Waals surface area contributed by atoms with Crippen molar-refractivity contribution in [3.8, 4) is 17.1 Å². The number of hydrogen-bond acceptors (Lipinski definition) is 6. The van der Waals surface area contributed by atoms with Crippen LogP contribution in [0.15, 0.2) is 35.6 Å². The van der Waals surface area contributed by atoms with Crippen molar-refractivity contribution in [3.63, 3.8) is 0 Å². The number of methoxy groups -OCH3 is 1. The molecule has 24 heavy (non-hydrogen) atoms. The third-order valence-corrected chi connectivity index (χ3v) is 5.06. The number of rotatable bonds is 2. The summed E-state index contributed by atoms with van der Waals surface area (Å²) in [6, 6.07) is 6.61.